The zero-order valence-electron chi connectivity index (χ0n) is 12.8. The molecule has 0 amide bonds. The van der Waals surface area contributed by atoms with Crippen molar-refractivity contribution >= 4 is 17.3 Å². The number of anilines is 1. The second-order valence-corrected chi connectivity index (χ2v) is 5.68. The second-order valence-electron chi connectivity index (χ2n) is 5.27. The Morgan fingerprint density at radius 3 is 2.37 bits per heavy atom. The number of nitrogens with one attached hydrogen (secondary N) is 1. The Hall–Kier alpha value is -0.730. The van der Waals surface area contributed by atoms with Gasteiger partial charge in [0.15, 0.2) is 0 Å². The highest BCUT2D eigenvalue weighted by molar-refractivity contribution is 6.31. The largest absolute Gasteiger partial charge is 0.369 e. The van der Waals surface area contributed by atoms with Gasteiger partial charge in [0, 0.05) is 29.3 Å². The van der Waals surface area contributed by atoms with Gasteiger partial charge >= 0.3 is 0 Å². The first kappa shape index (κ1) is 16.3. The third-order valence-corrected chi connectivity index (χ3v) is 3.71. The summed E-state index contributed by atoms with van der Waals surface area (Å²) in [5.74, 6) is 0. The molecule has 19 heavy (non-hydrogen) atoms. The van der Waals surface area contributed by atoms with Crippen LogP contribution >= 0.6 is 11.6 Å². The Bertz CT molecular complexity index is 390. The van der Waals surface area contributed by atoms with E-state index in [2.05, 4.69) is 63.0 Å². The average Bonchev–Trinajstić information content (AvgIpc) is 2.35. The Labute approximate surface area is 123 Å². The molecule has 0 saturated heterocycles. The smallest absolute Gasteiger partial charge is 0.0474 e. The molecule has 0 aliphatic rings. The molecular formula is C16H27ClN2. The molecule has 0 radical (unpaired) electrons. The SMILES string of the molecule is CCCN(c1ccc(C(C)NCC)c(Cl)c1)C(C)C. The van der Waals surface area contributed by atoms with Crippen molar-refractivity contribution in [1.29, 1.82) is 0 Å². The normalized spacial score (nSPS) is 12.8. The van der Waals surface area contributed by atoms with Crippen LogP contribution < -0.4 is 10.2 Å². The van der Waals surface area contributed by atoms with E-state index in [0.29, 0.717) is 12.1 Å². The molecule has 1 atom stereocenters. The third kappa shape index (κ3) is 4.39. The van der Waals surface area contributed by atoms with Crippen molar-refractivity contribution in [2.45, 2.75) is 53.1 Å². The molecule has 1 aromatic rings. The van der Waals surface area contributed by atoms with E-state index in [4.69, 9.17) is 11.6 Å². The zero-order valence-corrected chi connectivity index (χ0v) is 13.6. The van der Waals surface area contributed by atoms with Crippen LogP contribution in [0.4, 0.5) is 5.69 Å². The lowest BCUT2D eigenvalue weighted by atomic mass is 10.1. The fourth-order valence-corrected chi connectivity index (χ4v) is 2.73. The van der Waals surface area contributed by atoms with Gasteiger partial charge in [-0.1, -0.05) is 31.5 Å². The molecule has 0 aliphatic carbocycles. The van der Waals surface area contributed by atoms with Crippen LogP contribution in [0.5, 0.6) is 0 Å². The van der Waals surface area contributed by atoms with Gasteiger partial charge in [0.05, 0.1) is 0 Å². The maximum Gasteiger partial charge on any atom is 0.0474 e. The summed E-state index contributed by atoms with van der Waals surface area (Å²) < 4.78 is 0. The molecule has 1 unspecified atom stereocenters. The van der Waals surface area contributed by atoms with Crippen molar-refractivity contribution in [3.63, 3.8) is 0 Å². The van der Waals surface area contributed by atoms with Gasteiger partial charge in [-0.05, 0) is 51.4 Å². The van der Waals surface area contributed by atoms with Crippen LogP contribution in [0.2, 0.25) is 5.02 Å². The van der Waals surface area contributed by atoms with Crippen LogP contribution in [0.3, 0.4) is 0 Å². The van der Waals surface area contributed by atoms with E-state index in [0.717, 1.165) is 24.5 Å². The summed E-state index contributed by atoms with van der Waals surface area (Å²) in [6, 6.07) is 7.22. The number of hydrogen-bond acceptors (Lipinski definition) is 2. The average molecular weight is 283 g/mol. The fourth-order valence-electron chi connectivity index (χ4n) is 2.39. The first-order valence-electron chi connectivity index (χ1n) is 7.30. The summed E-state index contributed by atoms with van der Waals surface area (Å²) in [7, 11) is 0. The first-order valence-corrected chi connectivity index (χ1v) is 7.68. The monoisotopic (exact) mass is 282 g/mol. The van der Waals surface area contributed by atoms with Gasteiger partial charge in [-0.15, -0.1) is 0 Å². The van der Waals surface area contributed by atoms with E-state index in [1.165, 1.54) is 11.3 Å². The van der Waals surface area contributed by atoms with Gasteiger partial charge in [0.25, 0.3) is 0 Å². The maximum atomic E-state index is 6.44. The molecule has 0 aromatic heterocycles. The molecule has 2 nitrogen and oxygen atoms in total. The molecule has 0 bridgehead atoms. The molecule has 1 rings (SSSR count). The van der Waals surface area contributed by atoms with Crippen LogP contribution in [-0.2, 0) is 0 Å². The molecule has 0 spiro atoms. The summed E-state index contributed by atoms with van der Waals surface area (Å²) >= 11 is 6.44. The molecule has 3 heteroatoms. The van der Waals surface area contributed by atoms with E-state index >= 15 is 0 Å². The van der Waals surface area contributed by atoms with Crippen LogP contribution in [0.15, 0.2) is 18.2 Å². The number of hydrogen-bond donors (Lipinski definition) is 1. The van der Waals surface area contributed by atoms with Crippen LogP contribution in [-0.4, -0.2) is 19.1 Å². The summed E-state index contributed by atoms with van der Waals surface area (Å²) in [6.45, 7) is 12.9. The third-order valence-electron chi connectivity index (χ3n) is 3.38. The van der Waals surface area contributed by atoms with Crippen LogP contribution in [0.1, 0.15) is 52.6 Å². The van der Waals surface area contributed by atoms with E-state index in [-0.39, 0.29) is 0 Å². The minimum atomic E-state index is 0.297. The van der Waals surface area contributed by atoms with Gasteiger partial charge in [-0.2, -0.15) is 0 Å². The van der Waals surface area contributed by atoms with E-state index < -0.39 is 0 Å². The van der Waals surface area contributed by atoms with Gasteiger partial charge in [-0.25, -0.2) is 0 Å². The van der Waals surface area contributed by atoms with Crippen LogP contribution in [0.25, 0.3) is 0 Å². The van der Waals surface area contributed by atoms with E-state index in [1.54, 1.807) is 0 Å². The van der Waals surface area contributed by atoms with Crippen molar-refractivity contribution in [3.8, 4) is 0 Å². The highest BCUT2D eigenvalue weighted by atomic mass is 35.5. The number of nitrogens with zero attached hydrogens (tertiary/aromatic N) is 1. The highest BCUT2D eigenvalue weighted by Crippen LogP contribution is 2.29. The van der Waals surface area contributed by atoms with Crippen LogP contribution in [0, 0.1) is 0 Å². The van der Waals surface area contributed by atoms with Gasteiger partial charge < -0.3 is 10.2 Å². The minimum absolute atomic E-state index is 0.297. The highest BCUT2D eigenvalue weighted by Gasteiger charge is 2.13. The summed E-state index contributed by atoms with van der Waals surface area (Å²) in [4.78, 5) is 2.40. The van der Waals surface area contributed by atoms with Crippen molar-refractivity contribution < 1.29 is 0 Å². The standard InChI is InChI=1S/C16H27ClN2/c1-6-10-19(12(3)4)14-8-9-15(16(17)11-14)13(5)18-7-2/h8-9,11-13,18H,6-7,10H2,1-5H3. The maximum absolute atomic E-state index is 6.44. The molecule has 0 fully saturated rings. The molecule has 1 aromatic carbocycles. The predicted octanol–water partition coefficient (Wildman–Crippen LogP) is 4.64. The van der Waals surface area contributed by atoms with E-state index in [1.807, 2.05) is 0 Å². The molecule has 0 saturated carbocycles. The Balaban J connectivity index is 2.97. The van der Waals surface area contributed by atoms with Gasteiger partial charge in [0.2, 0.25) is 0 Å². The summed E-state index contributed by atoms with van der Waals surface area (Å²) in [6.07, 6.45) is 1.14. The molecule has 0 heterocycles. The number of rotatable bonds is 7. The zero-order chi connectivity index (χ0) is 14.4. The van der Waals surface area contributed by atoms with Crippen molar-refractivity contribution in [3.05, 3.63) is 28.8 Å². The van der Waals surface area contributed by atoms with Crippen molar-refractivity contribution in [1.82, 2.24) is 5.32 Å². The van der Waals surface area contributed by atoms with Gasteiger partial charge in [-0.3, -0.25) is 0 Å². The van der Waals surface area contributed by atoms with Crippen molar-refractivity contribution in [2.24, 2.45) is 0 Å². The number of benzene rings is 1. The van der Waals surface area contributed by atoms with Gasteiger partial charge in [0.1, 0.15) is 0 Å². The molecule has 108 valence electrons. The topological polar surface area (TPSA) is 15.3 Å². The molecule has 1 N–H and O–H groups in total. The quantitative estimate of drug-likeness (QED) is 0.784. The van der Waals surface area contributed by atoms with Crippen molar-refractivity contribution in [2.75, 3.05) is 18.0 Å². The summed E-state index contributed by atoms with van der Waals surface area (Å²) in [5.41, 5.74) is 2.39. The minimum Gasteiger partial charge on any atom is -0.369 e. The Kier molecular flexibility index (Phi) is 6.67. The first-order chi connectivity index (χ1) is 9.01. The summed E-state index contributed by atoms with van der Waals surface area (Å²) in [5, 5.41) is 4.26. The molecular weight excluding hydrogens is 256 g/mol. The second kappa shape index (κ2) is 7.76. The lowest BCUT2D eigenvalue weighted by Crippen LogP contribution is -2.31. The fraction of sp³-hybridized carbons (Fsp3) is 0.625. The molecule has 0 aliphatic heterocycles. The lowest BCUT2D eigenvalue weighted by Gasteiger charge is -2.29. The Morgan fingerprint density at radius 2 is 1.89 bits per heavy atom. The lowest BCUT2D eigenvalue weighted by molar-refractivity contribution is 0.598. The van der Waals surface area contributed by atoms with E-state index in [9.17, 15) is 0 Å². The predicted molar refractivity (Wildman–Crippen MR) is 86.3 cm³/mol. The Morgan fingerprint density at radius 1 is 1.21 bits per heavy atom. The number of halogens is 1.